The topological polar surface area (TPSA) is 69.4 Å². The molecule has 0 heterocycles. The van der Waals surface area contributed by atoms with Gasteiger partial charge >= 0.3 is 5.69 Å². The second-order valence-electron chi connectivity index (χ2n) is 4.53. The van der Waals surface area contributed by atoms with Crippen LogP contribution in [0, 0.1) is 22.9 Å². The summed E-state index contributed by atoms with van der Waals surface area (Å²) in [5.74, 6) is -0.888. The minimum atomic E-state index is -0.578. The fraction of sp³-hybridized carbons (Fsp3) is 0.133. The zero-order chi connectivity index (χ0) is 15.6. The Hall–Kier alpha value is -2.76. The van der Waals surface area contributed by atoms with Crippen LogP contribution in [-0.2, 0) is 0 Å². The number of hydrogen-bond acceptors (Lipinski definition) is 4. The summed E-state index contributed by atoms with van der Waals surface area (Å²) in [4.78, 5) is 22.0. The molecule has 2 aromatic rings. The molecule has 0 unspecified atom stereocenters. The largest absolute Gasteiger partial charge is 0.449 e. The summed E-state index contributed by atoms with van der Waals surface area (Å²) in [5.41, 5.74) is 0.527. The number of rotatable bonds is 4. The van der Waals surface area contributed by atoms with Gasteiger partial charge in [0.05, 0.1) is 10.5 Å². The van der Waals surface area contributed by atoms with Crippen LogP contribution in [0.2, 0.25) is 0 Å². The van der Waals surface area contributed by atoms with Crippen LogP contribution in [0.25, 0.3) is 0 Å². The molecule has 0 amide bonds. The Kier molecular flexibility index (Phi) is 3.98. The van der Waals surface area contributed by atoms with Crippen LogP contribution in [0.15, 0.2) is 36.4 Å². The first-order valence-corrected chi connectivity index (χ1v) is 6.12. The molecule has 0 aliphatic heterocycles. The number of Topliss-reactive ketones (excluding diaryl/α,β-unsaturated/α-hetero) is 1. The van der Waals surface area contributed by atoms with E-state index < -0.39 is 10.7 Å². The van der Waals surface area contributed by atoms with Crippen molar-refractivity contribution in [2.45, 2.75) is 13.8 Å². The predicted octanol–water partition coefficient (Wildman–Crippen LogP) is 4.04. The Morgan fingerprint density at radius 2 is 1.86 bits per heavy atom. The van der Waals surface area contributed by atoms with E-state index in [2.05, 4.69) is 0 Å². The van der Waals surface area contributed by atoms with Crippen molar-refractivity contribution in [3.8, 4) is 11.5 Å². The molecule has 2 rings (SSSR count). The molecule has 0 aromatic heterocycles. The van der Waals surface area contributed by atoms with Gasteiger partial charge in [0.25, 0.3) is 0 Å². The Morgan fingerprint density at radius 3 is 2.48 bits per heavy atom. The molecule has 0 atom stereocenters. The number of benzene rings is 2. The summed E-state index contributed by atoms with van der Waals surface area (Å²) in [5, 5.41) is 11.0. The Morgan fingerprint density at radius 1 is 1.19 bits per heavy atom. The summed E-state index contributed by atoms with van der Waals surface area (Å²) in [6.45, 7) is 2.99. The van der Waals surface area contributed by atoms with Crippen LogP contribution in [0.4, 0.5) is 10.1 Å². The highest BCUT2D eigenvalue weighted by Gasteiger charge is 2.18. The molecule has 21 heavy (non-hydrogen) atoms. The third-order valence-electron chi connectivity index (χ3n) is 2.85. The maximum atomic E-state index is 13.2. The molecule has 0 aliphatic carbocycles. The Labute approximate surface area is 120 Å². The number of nitro benzene ring substituents is 1. The standard InChI is InChI=1S/C15H12FNO4/c1-9-3-5-15(13(7-9)17(19)20)21-14-6-4-11(16)8-12(14)10(2)18/h3-8H,1-2H3. The van der Waals surface area contributed by atoms with Crippen LogP contribution in [0.5, 0.6) is 11.5 Å². The van der Waals surface area contributed by atoms with E-state index in [-0.39, 0.29) is 28.5 Å². The summed E-state index contributed by atoms with van der Waals surface area (Å²) < 4.78 is 18.6. The van der Waals surface area contributed by atoms with Crippen molar-refractivity contribution in [3.63, 3.8) is 0 Å². The van der Waals surface area contributed by atoms with Gasteiger partial charge in [0.15, 0.2) is 5.78 Å². The van der Waals surface area contributed by atoms with Gasteiger partial charge in [-0.1, -0.05) is 6.07 Å². The first-order chi connectivity index (χ1) is 9.88. The normalized spacial score (nSPS) is 10.2. The second kappa shape index (κ2) is 5.70. The molecule has 0 saturated heterocycles. The minimum Gasteiger partial charge on any atom is -0.449 e. The van der Waals surface area contributed by atoms with Crippen LogP contribution >= 0.6 is 0 Å². The van der Waals surface area contributed by atoms with Crippen molar-refractivity contribution in [2.24, 2.45) is 0 Å². The SMILES string of the molecule is CC(=O)c1cc(F)ccc1Oc1ccc(C)cc1[N+](=O)[O-]. The smallest absolute Gasteiger partial charge is 0.311 e. The van der Waals surface area contributed by atoms with Crippen molar-refractivity contribution in [2.75, 3.05) is 0 Å². The third kappa shape index (κ3) is 3.22. The van der Waals surface area contributed by atoms with Gasteiger partial charge in [-0.05, 0) is 43.7 Å². The molecule has 0 N–H and O–H groups in total. The van der Waals surface area contributed by atoms with Gasteiger partial charge in [-0.25, -0.2) is 4.39 Å². The lowest BCUT2D eigenvalue weighted by atomic mass is 10.1. The third-order valence-corrected chi connectivity index (χ3v) is 2.85. The lowest BCUT2D eigenvalue weighted by molar-refractivity contribution is -0.385. The van der Waals surface area contributed by atoms with Gasteiger partial charge < -0.3 is 4.74 Å². The van der Waals surface area contributed by atoms with E-state index in [0.717, 1.165) is 12.1 Å². The molecule has 0 radical (unpaired) electrons. The quantitative estimate of drug-likeness (QED) is 0.484. The molecule has 108 valence electrons. The van der Waals surface area contributed by atoms with E-state index in [1.54, 1.807) is 13.0 Å². The van der Waals surface area contributed by atoms with Crippen molar-refractivity contribution in [1.29, 1.82) is 0 Å². The molecular formula is C15H12FNO4. The molecule has 0 fully saturated rings. The Bertz CT molecular complexity index is 666. The van der Waals surface area contributed by atoms with Gasteiger partial charge in [-0.3, -0.25) is 14.9 Å². The number of carbonyl (C=O) groups is 1. The monoisotopic (exact) mass is 289 g/mol. The number of nitrogens with zero attached hydrogens (tertiary/aromatic N) is 1. The van der Waals surface area contributed by atoms with Crippen LogP contribution in [-0.4, -0.2) is 10.7 Å². The first-order valence-electron chi connectivity index (χ1n) is 6.12. The summed E-state index contributed by atoms with van der Waals surface area (Å²) in [7, 11) is 0. The van der Waals surface area contributed by atoms with Crippen molar-refractivity contribution in [1.82, 2.24) is 0 Å². The molecule has 2 aromatic carbocycles. The average molecular weight is 289 g/mol. The lowest BCUT2D eigenvalue weighted by Crippen LogP contribution is -2.00. The highest BCUT2D eigenvalue weighted by Crippen LogP contribution is 2.34. The van der Waals surface area contributed by atoms with Crippen LogP contribution in [0.1, 0.15) is 22.8 Å². The Balaban J connectivity index is 2.48. The zero-order valence-corrected chi connectivity index (χ0v) is 11.4. The van der Waals surface area contributed by atoms with E-state index in [4.69, 9.17) is 4.74 Å². The van der Waals surface area contributed by atoms with Crippen LogP contribution in [0.3, 0.4) is 0 Å². The number of hydrogen-bond donors (Lipinski definition) is 0. The highest BCUT2D eigenvalue weighted by atomic mass is 19.1. The predicted molar refractivity (Wildman–Crippen MR) is 74.3 cm³/mol. The van der Waals surface area contributed by atoms with Crippen LogP contribution < -0.4 is 4.74 Å². The number of nitro groups is 1. The molecule has 0 saturated carbocycles. The molecule has 0 spiro atoms. The average Bonchev–Trinajstić information content (AvgIpc) is 2.42. The van der Waals surface area contributed by atoms with Crippen molar-refractivity contribution < 1.29 is 18.8 Å². The van der Waals surface area contributed by atoms with Gasteiger partial charge in [0.2, 0.25) is 5.75 Å². The lowest BCUT2D eigenvalue weighted by Gasteiger charge is -2.10. The van der Waals surface area contributed by atoms with E-state index in [1.807, 2.05) is 0 Å². The van der Waals surface area contributed by atoms with E-state index in [0.29, 0.717) is 5.56 Å². The van der Waals surface area contributed by atoms with Crippen molar-refractivity contribution >= 4 is 11.5 Å². The summed E-state index contributed by atoms with van der Waals surface area (Å²) in [6, 6.07) is 7.90. The van der Waals surface area contributed by atoms with Gasteiger partial charge in [-0.2, -0.15) is 0 Å². The maximum absolute atomic E-state index is 13.2. The summed E-state index contributed by atoms with van der Waals surface area (Å²) >= 11 is 0. The molecule has 0 aliphatic rings. The van der Waals surface area contributed by atoms with E-state index in [9.17, 15) is 19.3 Å². The molecule has 6 heteroatoms. The second-order valence-corrected chi connectivity index (χ2v) is 4.53. The number of ketones is 1. The number of aryl methyl sites for hydroxylation is 1. The maximum Gasteiger partial charge on any atom is 0.311 e. The number of carbonyl (C=O) groups excluding carboxylic acids is 1. The minimum absolute atomic E-state index is 0.000270. The fourth-order valence-corrected chi connectivity index (χ4v) is 1.84. The van der Waals surface area contributed by atoms with Gasteiger partial charge in [0.1, 0.15) is 11.6 Å². The molecular weight excluding hydrogens is 277 g/mol. The molecule has 0 bridgehead atoms. The van der Waals surface area contributed by atoms with Gasteiger partial charge in [0, 0.05) is 6.07 Å². The zero-order valence-electron chi connectivity index (χ0n) is 11.4. The van der Waals surface area contributed by atoms with E-state index in [1.165, 1.54) is 25.1 Å². The highest BCUT2D eigenvalue weighted by molar-refractivity contribution is 5.96. The summed E-state index contributed by atoms with van der Waals surface area (Å²) in [6.07, 6.45) is 0. The molecule has 5 nitrogen and oxygen atoms in total. The van der Waals surface area contributed by atoms with Gasteiger partial charge in [-0.15, -0.1) is 0 Å². The number of halogens is 1. The van der Waals surface area contributed by atoms with Crippen molar-refractivity contribution in [3.05, 3.63) is 63.5 Å². The number of ether oxygens (including phenoxy) is 1. The van der Waals surface area contributed by atoms with E-state index >= 15 is 0 Å². The first kappa shape index (κ1) is 14.6. The fourth-order valence-electron chi connectivity index (χ4n) is 1.84.